The standard InChI is InChI=1S/C17H17ClFN3O3/c1-10-4-13(25-22-10)9-24-16-7-15-11(6-14(16)18)5-12(21-15)8-20-17(23)2-3-19/h4-7,21H,2-3,8-9H2,1H3,(H,20,23). The van der Waals surface area contributed by atoms with Gasteiger partial charge < -0.3 is 19.6 Å². The molecule has 0 atom stereocenters. The van der Waals surface area contributed by atoms with E-state index < -0.39 is 6.67 Å². The molecule has 0 fully saturated rings. The lowest BCUT2D eigenvalue weighted by Crippen LogP contribution is -2.22. The number of fused-ring (bicyclic) bond motifs is 1. The Labute approximate surface area is 148 Å². The Morgan fingerprint density at radius 3 is 2.96 bits per heavy atom. The van der Waals surface area contributed by atoms with Gasteiger partial charge in [0.15, 0.2) is 5.76 Å². The predicted octanol–water partition coefficient (Wildman–Crippen LogP) is 3.67. The van der Waals surface area contributed by atoms with Gasteiger partial charge in [-0.1, -0.05) is 16.8 Å². The van der Waals surface area contributed by atoms with Crippen molar-refractivity contribution in [1.82, 2.24) is 15.5 Å². The van der Waals surface area contributed by atoms with Crippen LogP contribution in [-0.2, 0) is 17.9 Å². The third kappa shape index (κ3) is 4.30. The Kier molecular flexibility index (Phi) is 5.23. The first-order valence-corrected chi connectivity index (χ1v) is 8.12. The first kappa shape index (κ1) is 17.3. The van der Waals surface area contributed by atoms with E-state index in [1.807, 2.05) is 13.0 Å². The molecule has 8 heteroatoms. The molecule has 0 bridgehead atoms. The molecule has 0 aliphatic carbocycles. The number of hydrogen-bond donors (Lipinski definition) is 2. The minimum Gasteiger partial charge on any atom is -0.484 e. The number of H-pyrrole nitrogens is 1. The van der Waals surface area contributed by atoms with E-state index in [1.165, 1.54) is 0 Å². The van der Waals surface area contributed by atoms with Gasteiger partial charge in [0, 0.05) is 28.7 Å². The van der Waals surface area contributed by atoms with Crippen molar-refractivity contribution >= 4 is 28.4 Å². The number of nitrogens with one attached hydrogen (secondary N) is 2. The number of halogens is 2. The number of carbonyl (C=O) groups excluding carboxylic acids is 1. The fourth-order valence-electron chi connectivity index (χ4n) is 2.40. The molecular weight excluding hydrogens is 349 g/mol. The van der Waals surface area contributed by atoms with Gasteiger partial charge in [0.2, 0.25) is 5.91 Å². The number of aromatic nitrogens is 2. The van der Waals surface area contributed by atoms with Gasteiger partial charge in [-0.25, -0.2) is 0 Å². The van der Waals surface area contributed by atoms with Crippen LogP contribution in [0.3, 0.4) is 0 Å². The fourth-order valence-corrected chi connectivity index (χ4v) is 2.63. The molecule has 1 aromatic carbocycles. The minimum atomic E-state index is -0.667. The van der Waals surface area contributed by atoms with Crippen LogP contribution in [0.1, 0.15) is 23.6 Å². The number of aryl methyl sites for hydroxylation is 1. The van der Waals surface area contributed by atoms with E-state index in [0.717, 1.165) is 22.3 Å². The van der Waals surface area contributed by atoms with E-state index in [0.29, 0.717) is 23.1 Å². The number of alkyl halides is 1. The zero-order valence-electron chi connectivity index (χ0n) is 13.6. The quantitative estimate of drug-likeness (QED) is 0.669. The van der Waals surface area contributed by atoms with E-state index in [2.05, 4.69) is 15.5 Å². The summed E-state index contributed by atoms with van der Waals surface area (Å²) in [5.41, 5.74) is 2.40. The third-order valence-corrected chi connectivity index (χ3v) is 3.87. The molecule has 25 heavy (non-hydrogen) atoms. The molecule has 0 aliphatic rings. The highest BCUT2D eigenvalue weighted by molar-refractivity contribution is 6.32. The molecule has 3 aromatic rings. The molecule has 3 rings (SSSR count). The summed E-state index contributed by atoms with van der Waals surface area (Å²) in [6.45, 7) is 1.68. The Balaban J connectivity index is 1.70. The van der Waals surface area contributed by atoms with Gasteiger partial charge in [0.25, 0.3) is 0 Å². The number of hydrogen-bond acceptors (Lipinski definition) is 4. The lowest BCUT2D eigenvalue weighted by Gasteiger charge is -2.06. The number of aromatic amines is 1. The zero-order valence-corrected chi connectivity index (χ0v) is 14.3. The second kappa shape index (κ2) is 7.57. The van der Waals surface area contributed by atoms with Gasteiger partial charge in [0.05, 0.1) is 30.4 Å². The van der Waals surface area contributed by atoms with E-state index >= 15 is 0 Å². The second-order valence-electron chi connectivity index (χ2n) is 5.60. The molecule has 2 heterocycles. The molecule has 0 unspecified atom stereocenters. The zero-order chi connectivity index (χ0) is 17.8. The van der Waals surface area contributed by atoms with Gasteiger partial charge in [-0.05, 0) is 19.1 Å². The molecule has 0 saturated carbocycles. The number of rotatable bonds is 7. The molecule has 0 saturated heterocycles. The Morgan fingerprint density at radius 1 is 1.40 bits per heavy atom. The maximum Gasteiger partial charge on any atom is 0.222 e. The molecule has 2 N–H and O–H groups in total. The Bertz CT molecular complexity index is 891. The first-order chi connectivity index (χ1) is 12.0. The van der Waals surface area contributed by atoms with E-state index in [-0.39, 0.29) is 18.9 Å². The maximum absolute atomic E-state index is 12.1. The van der Waals surface area contributed by atoms with Crippen molar-refractivity contribution < 1.29 is 18.4 Å². The molecule has 2 aromatic heterocycles. The topological polar surface area (TPSA) is 80.1 Å². The van der Waals surface area contributed by atoms with Crippen molar-refractivity contribution in [3.05, 3.63) is 46.4 Å². The van der Waals surface area contributed by atoms with E-state index in [9.17, 15) is 9.18 Å². The van der Waals surface area contributed by atoms with Crippen LogP contribution in [0.25, 0.3) is 10.9 Å². The molecule has 6 nitrogen and oxygen atoms in total. The first-order valence-electron chi connectivity index (χ1n) is 7.74. The number of amides is 1. The summed E-state index contributed by atoms with van der Waals surface area (Å²) in [6, 6.07) is 7.23. The average molecular weight is 366 g/mol. The van der Waals surface area contributed by atoms with Crippen molar-refractivity contribution in [2.45, 2.75) is 26.5 Å². The van der Waals surface area contributed by atoms with Crippen LogP contribution in [0.2, 0.25) is 5.02 Å². The largest absolute Gasteiger partial charge is 0.484 e. The number of nitrogens with zero attached hydrogens (tertiary/aromatic N) is 1. The summed E-state index contributed by atoms with van der Waals surface area (Å²) in [4.78, 5) is 14.5. The second-order valence-corrected chi connectivity index (χ2v) is 6.01. The van der Waals surface area contributed by atoms with Crippen LogP contribution in [0, 0.1) is 6.92 Å². The van der Waals surface area contributed by atoms with Gasteiger partial charge in [-0.3, -0.25) is 9.18 Å². The molecule has 0 radical (unpaired) electrons. The number of ether oxygens (including phenoxy) is 1. The maximum atomic E-state index is 12.1. The van der Waals surface area contributed by atoms with Crippen molar-refractivity contribution in [3.63, 3.8) is 0 Å². The van der Waals surface area contributed by atoms with Crippen molar-refractivity contribution in [2.24, 2.45) is 0 Å². The van der Waals surface area contributed by atoms with Gasteiger partial charge >= 0.3 is 0 Å². The van der Waals surface area contributed by atoms with E-state index in [4.69, 9.17) is 20.9 Å². The number of benzene rings is 1. The Morgan fingerprint density at radius 2 is 2.24 bits per heavy atom. The highest BCUT2D eigenvalue weighted by Gasteiger charge is 2.10. The van der Waals surface area contributed by atoms with Gasteiger partial charge in [0.1, 0.15) is 12.4 Å². The summed E-state index contributed by atoms with van der Waals surface area (Å²) in [6.07, 6.45) is -0.134. The van der Waals surface area contributed by atoms with Crippen LogP contribution in [-0.4, -0.2) is 22.7 Å². The molecular formula is C17H17ClFN3O3. The third-order valence-electron chi connectivity index (χ3n) is 3.57. The minimum absolute atomic E-state index is 0.134. The van der Waals surface area contributed by atoms with Crippen molar-refractivity contribution in [1.29, 1.82) is 0 Å². The summed E-state index contributed by atoms with van der Waals surface area (Å²) in [5.74, 6) is 0.792. The van der Waals surface area contributed by atoms with Crippen LogP contribution in [0.4, 0.5) is 4.39 Å². The summed E-state index contributed by atoms with van der Waals surface area (Å²) in [7, 11) is 0. The SMILES string of the molecule is Cc1cc(COc2cc3[nH]c(CNC(=O)CCF)cc3cc2Cl)on1. The smallest absolute Gasteiger partial charge is 0.222 e. The van der Waals surface area contributed by atoms with Crippen LogP contribution in [0.15, 0.2) is 28.8 Å². The lowest BCUT2D eigenvalue weighted by atomic mass is 10.2. The van der Waals surface area contributed by atoms with Crippen molar-refractivity contribution in [3.8, 4) is 5.75 Å². The molecule has 1 amide bonds. The predicted molar refractivity (Wildman–Crippen MR) is 91.3 cm³/mol. The molecule has 132 valence electrons. The van der Waals surface area contributed by atoms with E-state index in [1.54, 1.807) is 18.2 Å². The summed E-state index contributed by atoms with van der Waals surface area (Å²) in [5, 5.41) is 7.81. The fraction of sp³-hybridized carbons (Fsp3) is 0.294. The molecule has 0 spiro atoms. The molecule has 0 aliphatic heterocycles. The lowest BCUT2D eigenvalue weighted by molar-refractivity contribution is -0.121. The summed E-state index contributed by atoms with van der Waals surface area (Å²) >= 11 is 6.26. The average Bonchev–Trinajstić information content (AvgIpc) is 3.16. The monoisotopic (exact) mass is 365 g/mol. The highest BCUT2D eigenvalue weighted by Crippen LogP contribution is 2.31. The highest BCUT2D eigenvalue weighted by atomic mass is 35.5. The van der Waals surface area contributed by atoms with Crippen LogP contribution in [0.5, 0.6) is 5.75 Å². The normalized spacial score (nSPS) is 11.0. The Hall–Kier alpha value is -2.54. The van der Waals surface area contributed by atoms with Crippen LogP contribution >= 0.6 is 11.6 Å². The number of carbonyl (C=O) groups is 1. The van der Waals surface area contributed by atoms with Gasteiger partial charge in [-0.2, -0.15) is 0 Å². The van der Waals surface area contributed by atoms with Gasteiger partial charge in [-0.15, -0.1) is 0 Å². The van der Waals surface area contributed by atoms with Crippen molar-refractivity contribution in [2.75, 3.05) is 6.67 Å². The summed E-state index contributed by atoms with van der Waals surface area (Å²) < 4.78 is 22.9. The van der Waals surface area contributed by atoms with Crippen LogP contribution < -0.4 is 10.1 Å².